The molecule has 1 heterocycles. The van der Waals surface area contributed by atoms with E-state index in [0.717, 1.165) is 11.4 Å². The largest absolute Gasteiger partial charge is 0.508 e. The first-order chi connectivity index (χ1) is 11.5. The van der Waals surface area contributed by atoms with Crippen molar-refractivity contribution in [3.8, 4) is 17.2 Å². The van der Waals surface area contributed by atoms with Crippen LogP contribution >= 0.6 is 0 Å². The molecule has 0 unspecified atom stereocenters. The second kappa shape index (κ2) is 6.29. The van der Waals surface area contributed by atoms with E-state index in [2.05, 4.69) is 4.99 Å². The van der Waals surface area contributed by atoms with Gasteiger partial charge in [0.15, 0.2) is 0 Å². The number of carboxylic acid groups (broad SMARTS) is 1. The Morgan fingerprint density at radius 2 is 1.79 bits per heavy atom. The third-order valence-corrected chi connectivity index (χ3v) is 3.46. The molecule has 0 saturated heterocycles. The van der Waals surface area contributed by atoms with Gasteiger partial charge >= 0.3 is 5.97 Å². The average Bonchev–Trinajstić information content (AvgIpc) is 3.03. The summed E-state index contributed by atoms with van der Waals surface area (Å²) in [5, 5.41) is 27.9. The molecule has 0 saturated carbocycles. The quantitative estimate of drug-likeness (QED) is 0.642. The van der Waals surface area contributed by atoms with Gasteiger partial charge in [-0.25, -0.2) is 4.79 Å². The molecular weight excluding hydrogens is 308 g/mol. The van der Waals surface area contributed by atoms with Crippen molar-refractivity contribution in [3.63, 3.8) is 0 Å². The first-order valence-corrected chi connectivity index (χ1v) is 7.12. The van der Waals surface area contributed by atoms with Gasteiger partial charge in [0.05, 0.1) is 17.6 Å². The highest BCUT2D eigenvalue weighted by atomic mass is 16.4. The maximum absolute atomic E-state index is 11.0. The summed E-state index contributed by atoms with van der Waals surface area (Å²) in [6, 6.07) is 14.6. The highest BCUT2D eigenvalue weighted by Crippen LogP contribution is 2.23. The van der Waals surface area contributed by atoms with E-state index in [9.17, 15) is 15.0 Å². The van der Waals surface area contributed by atoms with Gasteiger partial charge in [0.1, 0.15) is 17.1 Å². The van der Waals surface area contributed by atoms with Gasteiger partial charge in [-0.1, -0.05) is 0 Å². The summed E-state index contributed by atoms with van der Waals surface area (Å²) in [5.41, 5.74) is 1.86. The van der Waals surface area contributed by atoms with Gasteiger partial charge in [0.25, 0.3) is 0 Å². The number of carbonyl (C=O) groups is 1. The molecule has 0 amide bonds. The Hall–Kier alpha value is -3.54. The van der Waals surface area contributed by atoms with Crippen molar-refractivity contribution in [2.45, 2.75) is 0 Å². The summed E-state index contributed by atoms with van der Waals surface area (Å²) in [6.07, 6.45) is 3.46. The van der Waals surface area contributed by atoms with E-state index in [1.807, 2.05) is 22.9 Å². The fourth-order valence-electron chi connectivity index (χ4n) is 2.26. The van der Waals surface area contributed by atoms with Crippen molar-refractivity contribution in [1.82, 2.24) is 4.57 Å². The van der Waals surface area contributed by atoms with Gasteiger partial charge in [-0.15, -0.1) is 0 Å². The molecule has 24 heavy (non-hydrogen) atoms. The van der Waals surface area contributed by atoms with Crippen LogP contribution in [0.15, 0.2) is 65.8 Å². The lowest BCUT2D eigenvalue weighted by Crippen LogP contribution is -1.98. The Labute approximate surface area is 137 Å². The average molecular weight is 322 g/mol. The van der Waals surface area contributed by atoms with E-state index in [-0.39, 0.29) is 17.1 Å². The van der Waals surface area contributed by atoms with Crippen molar-refractivity contribution in [3.05, 3.63) is 72.1 Å². The number of hydrogen-bond donors (Lipinski definition) is 3. The maximum Gasteiger partial charge on any atom is 0.339 e. The molecule has 0 aliphatic heterocycles. The Balaban J connectivity index is 1.91. The molecule has 6 nitrogen and oxygen atoms in total. The van der Waals surface area contributed by atoms with E-state index in [1.54, 1.807) is 30.5 Å². The summed E-state index contributed by atoms with van der Waals surface area (Å²) in [4.78, 5) is 15.3. The van der Waals surface area contributed by atoms with Gasteiger partial charge in [-0.2, -0.15) is 0 Å². The fraction of sp³-hybridized carbons (Fsp3) is 0. The lowest BCUT2D eigenvalue weighted by molar-refractivity contribution is 0.0694. The molecule has 1 aromatic heterocycles. The number of phenolic OH excluding ortho intramolecular Hbond substituents is 1. The number of aromatic nitrogens is 1. The Bertz CT molecular complexity index is 911. The van der Waals surface area contributed by atoms with Crippen molar-refractivity contribution < 1.29 is 20.1 Å². The minimum atomic E-state index is -1.21. The molecule has 3 aromatic rings. The minimum Gasteiger partial charge on any atom is -0.508 e. The number of phenols is 2. The van der Waals surface area contributed by atoms with E-state index in [4.69, 9.17) is 5.11 Å². The van der Waals surface area contributed by atoms with Crippen LogP contribution in [0.3, 0.4) is 0 Å². The molecule has 0 aliphatic rings. The third kappa shape index (κ3) is 3.12. The summed E-state index contributed by atoms with van der Waals surface area (Å²) in [5.74, 6) is -1.32. The van der Waals surface area contributed by atoms with Gasteiger partial charge in [0, 0.05) is 11.9 Å². The van der Waals surface area contributed by atoms with Crippen LogP contribution < -0.4 is 0 Å². The zero-order valence-electron chi connectivity index (χ0n) is 12.5. The standard InChI is InChI=1S/C18H14N2O4/c21-15-6-4-13(5-7-15)20-9-1-2-14(20)11-19-12-3-8-17(22)16(10-12)18(23)24/h1-11,21-22H,(H,23,24). The van der Waals surface area contributed by atoms with Crippen molar-refractivity contribution in [2.75, 3.05) is 0 Å². The summed E-state index contributed by atoms with van der Waals surface area (Å²) < 4.78 is 1.88. The monoisotopic (exact) mass is 322 g/mol. The smallest absolute Gasteiger partial charge is 0.339 e. The molecule has 120 valence electrons. The Morgan fingerprint density at radius 3 is 2.50 bits per heavy atom. The van der Waals surface area contributed by atoms with Gasteiger partial charge in [-0.05, 0) is 54.6 Å². The first kappa shape index (κ1) is 15.4. The minimum absolute atomic E-state index is 0.186. The van der Waals surface area contributed by atoms with Crippen molar-refractivity contribution in [2.24, 2.45) is 4.99 Å². The second-order valence-electron chi connectivity index (χ2n) is 5.08. The summed E-state index contributed by atoms with van der Waals surface area (Å²) >= 11 is 0. The molecular formula is C18H14N2O4. The number of rotatable bonds is 4. The maximum atomic E-state index is 11.0. The number of aromatic hydroxyl groups is 2. The highest BCUT2D eigenvalue weighted by molar-refractivity contribution is 5.92. The number of carboxylic acids is 1. The molecule has 6 heteroatoms. The zero-order valence-corrected chi connectivity index (χ0v) is 12.5. The molecule has 2 aromatic carbocycles. The van der Waals surface area contributed by atoms with Crippen LogP contribution in [-0.4, -0.2) is 32.1 Å². The number of aliphatic imine (C=N–C) groups is 1. The van der Waals surface area contributed by atoms with Crippen molar-refractivity contribution in [1.29, 1.82) is 0 Å². The van der Waals surface area contributed by atoms with Gasteiger partial charge in [-0.3, -0.25) is 4.99 Å². The Morgan fingerprint density at radius 1 is 1.04 bits per heavy atom. The SMILES string of the molecule is O=C(O)c1cc(N=Cc2cccn2-c2ccc(O)cc2)ccc1O. The van der Waals surface area contributed by atoms with Crippen LogP contribution in [0, 0.1) is 0 Å². The van der Waals surface area contributed by atoms with Crippen molar-refractivity contribution >= 4 is 17.9 Å². The van der Waals surface area contributed by atoms with Gasteiger partial charge in [0.2, 0.25) is 0 Å². The predicted molar refractivity (Wildman–Crippen MR) is 89.8 cm³/mol. The number of benzene rings is 2. The van der Waals surface area contributed by atoms with E-state index < -0.39 is 5.97 Å². The van der Waals surface area contributed by atoms with Gasteiger partial charge < -0.3 is 19.9 Å². The lowest BCUT2D eigenvalue weighted by Gasteiger charge is -2.06. The molecule has 0 fully saturated rings. The Kier molecular flexibility index (Phi) is 4.03. The molecule has 3 N–H and O–H groups in total. The van der Waals surface area contributed by atoms with E-state index >= 15 is 0 Å². The molecule has 0 radical (unpaired) electrons. The number of aromatic carboxylic acids is 1. The van der Waals surface area contributed by atoms with Crippen LogP contribution in [0.5, 0.6) is 11.5 Å². The summed E-state index contributed by atoms with van der Waals surface area (Å²) in [6.45, 7) is 0. The topological polar surface area (TPSA) is 95.0 Å². The second-order valence-corrected chi connectivity index (χ2v) is 5.08. The molecule has 0 aliphatic carbocycles. The molecule has 0 atom stereocenters. The predicted octanol–water partition coefficient (Wildman–Crippen LogP) is 3.34. The molecule has 0 spiro atoms. The third-order valence-electron chi connectivity index (χ3n) is 3.46. The van der Waals surface area contributed by atoms with Crippen LogP contribution in [0.1, 0.15) is 16.1 Å². The summed E-state index contributed by atoms with van der Waals surface area (Å²) in [7, 11) is 0. The zero-order chi connectivity index (χ0) is 17.1. The van der Waals surface area contributed by atoms with Crippen LogP contribution in [0.25, 0.3) is 5.69 Å². The normalized spacial score (nSPS) is 11.0. The fourth-order valence-corrected chi connectivity index (χ4v) is 2.26. The van der Waals surface area contributed by atoms with E-state index in [0.29, 0.717) is 5.69 Å². The van der Waals surface area contributed by atoms with Crippen LogP contribution in [0.2, 0.25) is 0 Å². The van der Waals surface area contributed by atoms with E-state index in [1.165, 1.54) is 18.2 Å². The van der Waals surface area contributed by atoms with Crippen LogP contribution in [-0.2, 0) is 0 Å². The lowest BCUT2D eigenvalue weighted by atomic mass is 10.2. The molecule has 3 rings (SSSR count). The number of nitrogens with zero attached hydrogens (tertiary/aromatic N) is 2. The molecule has 0 bridgehead atoms. The first-order valence-electron chi connectivity index (χ1n) is 7.12. The number of hydrogen-bond acceptors (Lipinski definition) is 4. The highest BCUT2D eigenvalue weighted by Gasteiger charge is 2.09. The van der Waals surface area contributed by atoms with Crippen LogP contribution in [0.4, 0.5) is 5.69 Å².